The normalized spacial score (nSPS) is 20.6. The average Bonchev–Trinajstić information content (AvgIpc) is 2.76. The summed E-state index contributed by atoms with van der Waals surface area (Å²) in [6.45, 7) is 5.91. The van der Waals surface area contributed by atoms with Crippen LogP contribution in [0, 0.1) is 31.9 Å². The van der Waals surface area contributed by atoms with E-state index in [9.17, 15) is 14.8 Å². The number of aryl methyl sites for hydroxylation is 3. The van der Waals surface area contributed by atoms with Crippen LogP contribution >= 0.6 is 0 Å². The van der Waals surface area contributed by atoms with Gasteiger partial charge in [0.05, 0.1) is 0 Å². The van der Waals surface area contributed by atoms with Crippen molar-refractivity contribution in [2.45, 2.75) is 39.5 Å². The Labute approximate surface area is 141 Å². The molecule has 3 rings (SSSR count). The number of aromatic nitrogens is 1. The molecule has 0 spiro atoms. The molecule has 4 heteroatoms. The minimum Gasteiger partial charge on any atom is -0.619 e. The van der Waals surface area contributed by atoms with Gasteiger partial charge >= 0.3 is 0 Å². The minimum atomic E-state index is -0.681. The van der Waals surface area contributed by atoms with Crippen LogP contribution in [0.4, 0.5) is 0 Å². The lowest BCUT2D eigenvalue weighted by Gasteiger charge is -2.16. The minimum absolute atomic E-state index is 0.0339. The zero-order valence-corrected chi connectivity index (χ0v) is 14.2. The first-order valence-electron chi connectivity index (χ1n) is 8.19. The third kappa shape index (κ3) is 2.84. The van der Waals surface area contributed by atoms with Gasteiger partial charge in [0.1, 0.15) is 11.7 Å². The van der Waals surface area contributed by atoms with Crippen molar-refractivity contribution in [1.82, 2.24) is 0 Å². The molecule has 0 aliphatic heterocycles. The number of hydrogen-bond acceptors (Lipinski definition) is 3. The Morgan fingerprint density at radius 3 is 2.42 bits per heavy atom. The van der Waals surface area contributed by atoms with E-state index in [1.807, 2.05) is 32.9 Å². The quantitative estimate of drug-likeness (QED) is 0.496. The molecule has 1 fully saturated rings. The molecule has 1 saturated carbocycles. The maximum atomic E-state index is 12.9. The first-order valence-corrected chi connectivity index (χ1v) is 8.19. The molecular weight excluding hydrogens is 302 g/mol. The van der Waals surface area contributed by atoms with Gasteiger partial charge in [0.25, 0.3) is 0 Å². The lowest BCUT2D eigenvalue weighted by molar-refractivity contribution is -0.614. The average molecular weight is 323 g/mol. The fourth-order valence-electron chi connectivity index (χ4n) is 3.85. The maximum Gasteiger partial charge on any atom is 0.193 e. The first-order chi connectivity index (χ1) is 11.4. The first kappa shape index (κ1) is 16.4. The molecule has 0 N–H and O–H groups in total. The molecule has 0 bridgehead atoms. The fourth-order valence-corrected chi connectivity index (χ4v) is 3.85. The molecule has 0 saturated heterocycles. The van der Waals surface area contributed by atoms with Crippen LogP contribution in [0.1, 0.15) is 40.3 Å². The van der Waals surface area contributed by atoms with E-state index >= 15 is 0 Å². The maximum absolute atomic E-state index is 12.9. The smallest absolute Gasteiger partial charge is 0.193 e. The Morgan fingerprint density at radius 2 is 1.79 bits per heavy atom. The van der Waals surface area contributed by atoms with Gasteiger partial charge in [-0.1, -0.05) is 23.8 Å². The lowest BCUT2D eigenvalue weighted by atomic mass is 9.86. The van der Waals surface area contributed by atoms with Crippen LogP contribution in [0.15, 0.2) is 36.5 Å². The van der Waals surface area contributed by atoms with E-state index in [2.05, 4.69) is 0 Å². The topological polar surface area (TPSA) is 61.1 Å². The Morgan fingerprint density at radius 1 is 1.12 bits per heavy atom. The number of carbonyl (C=O) groups excluding carboxylic acids is 2. The second kappa shape index (κ2) is 6.19. The summed E-state index contributed by atoms with van der Waals surface area (Å²) in [6, 6.07) is 9.16. The van der Waals surface area contributed by atoms with E-state index < -0.39 is 11.8 Å². The molecule has 124 valence electrons. The van der Waals surface area contributed by atoms with Gasteiger partial charge in [-0.15, -0.1) is 0 Å². The molecule has 2 aromatic rings. The highest BCUT2D eigenvalue weighted by Gasteiger charge is 2.43. The molecule has 24 heavy (non-hydrogen) atoms. The lowest BCUT2D eigenvalue weighted by Crippen LogP contribution is -2.33. The molecule has 2 atom stereocenters. The van der Waals surface area contributed by atoms with Gasteiger partial charge in [-0.2, -0.15) is 4.73 Å². The van der Waals surface area contributed by atoms with Crippen molar-refractivity contribution < 1.29 is 14.3 Å². The number of pyridine rings is 1. The summed E-state index contributed by atoms with van der Waals surface area (Å²) >= 11 is 0. The standard InChI is InChI=1S/C20H21NO3/c1-12-8-13(2)18(14(3)9-12)19-17(22)11-15(20(19)23)10-16-6-4-5-7-21(16)24/h4-9,15,19H,10-11H2,1-3H3. The number of ketones is 2. The zero-order valence-electron chi connectivity index (χ0n) is 14.2. The van der Waals surface area contributed by atoms with Crippen LogP contribution in [0.3, 0.4) is 0 Å². The number of benzene rings is 1. The van der Waals surface area contributed by atoms with Crippen LogP contribution in [-0.2, 0) is 16.0 Å². The van der Waals surface area contributed by atoms with Gasteiger partial charge in [0.15, 0.2) is 17.7 Å². The third-order valence-corrected chi connectivity index (χ3v) is 4.84. The van der Waals surface area contributed by atoms with E-state index in [0.29, 0.717) is 12.1 Å². The fraction of sp³-hybridized carbons (Fsp3) is 0.350. The third-order valence-electron chi connectivity index (χ3n) is 4.84. The highest BCUT2D eigenvalue weighted by molar-refractivity contribution is 6.15. The van der Waals surface area contributed by atoms with Crippen LogP contribution in [-0.4, -0.2) is 11.6 Å². The monoisotopic (exact) mass is 323 g/mol. The highest BCUT2D eigenvalue weighted by atomic mass is 16.5. The molecule has 0 amide bonds. The van der Waals surface area contributed by atoms with Gasteiger partial charge in [-0.05, 0) is 37.5 Å². The molecule has 4 nitrogen and oxygen atoms in total. The van der Waals surface area contributed by atoms with Crippen molar-refractivity contribution in [3.63, 3.8) is 0 Å². The number of hydrogen-bond donors (Lipinski definition) is 0. The predicted octanol–water partition coefficient (Wildman–Crippen LogP) is 2.73. The molecule has 1 heterocycles. The van der Waals surface area contributed by atoms with Crippen molar-refractivity contribution in [2.24, 2.45) is 5.92 Å². The van der Waals surface area contributed by atoms with Crippen molar-refractivity contribution >= 4 is 11.6 Å². The molecule has 0 radical (unpaired) electrons. The summed E-state index contributed by atoms with van der Waals surface area (Å²) in [6.07, 6.45) is 1.95. The molecule has 1 aliphatic rings. The molecule has 2 unspecified atom stereocenters. The summed E-state index contributed by atoms with van der Waals surface area (Å²) in [7, 11) is 0. The van der Waals surface area contributed by atoms with Crippen LogP contribution < -0.4 is 4.73 Å². The van der Waals surface area contributed by atoms with Crippen LogP contribution in [0.25, 0.3) is 0 Å². The van der Waals surface area contributed by atoms with Crippen molar-refractivity contribution in [2.75, 3.05) is 0 Å². The Bertz CT molecular complexity index is 802. The van der Waals surface area contributed by atoms with Crippen molar-refractivity contribution in [1.29, 1.82) is 0 Å². The molecule has 1 aromatic carbocycles. The van der Waals surface area contributed by atoms with E-state index in [4.69, 9.17) is 0 Å². The summed E-state index contributed by atoms with van der Waals surface area (Å²) in [4.78, 5) is 25.4. The Balaban J connectivity index is 1.92. The Hall–Kier alpha value is -2.49. The van der Waals surface area contributed by atoms with Crippen LogP contribution in [0.2, 0.25) is 0 Å². The van der Waals surface area contributed by atoms with E-state index in [1.54, 1.807) is 18.2 Å². The summed E-state index contributed by atoms with van der Waals surface area (Å²) in [5.41, 5.74) is 4.47. The summed E-state index contributed by atoms with van der Waals surface area (Å²) in [5.74, 6) is -1.18. The number of nitrogens with zero attached hydrogens (tertiary/aromatic N) is 1. The summed E-state index contributed by atoms with van der Waals surface area (Å²) < 4.78 is 0.771. The summed E-state index contributed by atoms with van der Waals surface area (Å²) in [5, 5.41) is 11.8. The molecule has 1 aromatic heterocycles. The van der Waals surface area contributed by atoms with Gasteiger partial charge < -0.3 is 5.21 Å². The SMILES string of the molecule is Cc1cc(C)c(C2C(=O)CC(Cc3cccc[n+]3[O-])C2=O)c(C)c1. The number of Topliss-reactive ketones (excluding diaryl/α,β-unsaturated/α-hetero) is 2. The van der Waals surface area contributed by atoms with Crippen molar-refractivity contribution in [3.8, 4) is 0 Å². The van der Waals surface area contributed by atoms with Crippen molar-refractivity contribution in [3.05, 3.63) is 69.7 Å². The van der Waals surface area contributed by atoms with Gasteiger partial charge in [0.2, 0.25) is 0 Å². The Kier molecular flexibility index (Phi) is 4.22. The predicted molar refractivity (Wildman–Crippen MR) is 90.6 cm³/mol. The highest BCUT2D eigenvalue weighted by Crippen LogP contribution is 2.37. The number of carbonyl (C=O) groups is 2. The van der Waals surface area contributed by atoms with E-state index in [-0.39, 0.29) is 18.0 Å². The second-order valence-electron chi connectivity index (χ2n) is 6.74. The van der Waals surface area contributed by atoms with Crippen LogP contribution in [0.5, 0.6) is 0 Å². The largest absolute Gasteiger partial charge is 0.619 e. The zero-order chi connectivity index (χ0) is 17.4. The van der Waals surface area contributed by atoms with E-state index in [0.717, 1.165) is 27.0 Å². The second-order valence-corrected chi connectivity index (χ2v) is 6.74. The molecule has 1 aliphatic carbocycles. The van der Waals surface area contributed by atoms with Gasteiger partial charge in [-0.25, -0.2) is 0 Å². The van der Waals surface area contributed by atoms with E-state index in [1.165, 1.54) is 6.20 Å². The molecular formula is C20H21NO3. The number of rotatable bonds is 3. The van der Waals surface area contributed by atoms with Gasteiger partial charge in [0, 0.05) is 30.9 Å². The van der Waals surface area contributed by atoms with Gasteiger partial charge in [-0.3, -0.25) is 9.59 Å².